The average Bonchev–Trinajstić information content (AvgIpc) is 3.24. The largest absolute Gasteiger partial charge is 0.411 e. The van der Waals surface area contributed by atoms with Crippen LogP contribution in [0.3, 0.4) is 0 Å². The zero-order chi connectivity index (χ0) is 25.4. The monoisotopic (exact) mass is 502 g/mol. The number of amides is 1. The van der Waals surface area contributed by atoms with Gasteiger partial charge in [-0.1, -0.05) is 36.3 Å². The minimum Gasteiger partial charge on any atom is -0.411 e. The Morgan fingerprint density at radius 1 is 1.22 bits per heavy atom. The second kappa shape index (κ2) is 10.1. The number of aryl methyl sites for hydroxylation is 1. The van der Waals surface area contributed by atoms with E-state index in [1.165, 1.54) is 17.5 Å². The number of benzene rings is 1. The molecule has 3 aliphatic carbocycles. The highest BCUT2D eigenvalue weighted by molar-refractivity contribution is 5.93. The number of oxime groups is 1. The Hall–Kier alpha value is -2.93. The molecule has 1 aliphatic heterocycles. The van der Waals surface area contributed by atoms with E-state index in [0.29, 0.717) is 35.9 Å². The van der Waals surface area contributed by atoms with Crippen molar-refractivity contribution in [2.45, 2.75) is 57.8 Å². The van der Waals surface area contributed by atoms with Crippen LogP contribution in [0.15, 0.2) is 47.8 Å². The number of carbonyl (C=O) groups is 1. The summed E-state index contributed by atoms with van der Waals surface area (Å²) < 4.78 is 5.42. The smallest absolute Gasteiger partial charge is 0.225 e. The van der Waals surface area contributed by atoms with Crippen LogP contribution in [-0.2, 0) is 16.0 Å². The zero-order valence-electron chi connectivity index (χ0n) is 21.7. The third-order valence-electron chi connectivity index (χ3n) is 9.77. The van der Waals surface area contributed by atoms with Crippen molar-refractivity contribution in [3.8, 4) is 0 Å². The third kappa shape index (κ3) is 4.52. The summed E-state index contributed by atoms with van der Waals surface area (Å²) >= 11 is 0. The number of morpholine rings is 1. The van der Waals surface area contributed by atoms with Crippen LogP contribution in [0.4, 0.5) is 11.5 Å². The van der Waals surface area contributed by atoms with Crippen LogP contribution in [0, 0.1) is 23.2 Å². The fourth-order valence-electron chi connectivity index (χ4n) is 8.01. The van der Waals surface area contributed by atoms with Crippen molar-refractivity contribution in [3.05, 3.63) is 53.7 Å². The average molecular weight is 503 g/mol. The molecule has 0 bridgehead atoms. The minimum atomic E-state index is -0.0692. The van der Waals surface area contributed by atoms with Crippen molar-refractivity contribution in [1.29, 1.82) is 0 Å². The van der Waals surface area contributed by atoms with Gasteiger partial charge in [0.2, 0.25) is 5.91 Å². The lowest BCUT2D eigenvalue weighted by atomic mass is 9.54. The van der Waals surface area contributed by atoms with E-state index < -0.39 is 0 Å². The second-order valence-corrected chi connectivity index (χ2v) is 11.6. The standard InChI is InChI=1S/C30H38N4O3/c1-30-13-12-24-23-5-3-2-4-20(23)6-9-25(24)29(30)21(18-26(30)33-36)7-11-28(35)32-27-10-8-22(19-31-27)34-14-16-37-17-15-34/h2-5,8,10,19,21,24-25,29,36H,6-7,9,11-18H2,1H3,(H,31,32,35)/b33-26+/t21-,24?,25?,29?,30-/m1/s1. The van der Waals surface area contributed by atoms with Gasteiger partial charge in [-0.15, -0.1) is 0 Å². The highest BCUT2D eigenvalue weighted by Crippen LogP contribution is 2.62. The van der Waals surface area contributed by atoms with Crippen LogP contribution in [0.25, 0.3) is 0 Å². The van der Waals surface area contributed by atoms with Gasteiger partial charge < -0.3 is 20.2 Å². The van der Waals surface area contributed by atoms with E-state index in [-0.39, 0.29) is 11.3 Å². The number of rotatable bonds is 5. The first-order valence-corrected chi connectivity index (χ1v) is 13.9. The summed E-state index contributed by atoms with van der Waals surface area (Å²) in [6.45, 7) is 5.50. The summed E-state index contributed by atoms with van der Waals surface area (Å²) in [6.07, 6.45) is 8.39. The zero-order valence-corrected chi connectivity index (χ0v) is 21.7. The lowest BCUT2D eigenvalue weighted by Crippen LogP contribution is -2.44. The van der Waals surface area contributed by atoms with Crippen LogP contribution in [0.5, 0.6) is 0 Å². The molecule has 0 spiro atoms. The van der Waals surface area contributed by atoms with Gasteiger partial charge in [-0.3, -0.25) is 4.79 Å². The molecule has 0 radical (unpaired) electrons. The van der Waals surface area contributed by atoms with Gasteiger partial charge in [-0.05, 0) is 85.5 Å². The maximum absolute atomic E-state index is 12.9. The van der Waals surface area contributed by atoms with Crippen molar-refractivity contribution < 1.29 is 14.7 Å². The maximum atomic E-state index is 12.9. The van der Waals surface area contributed by atoms with Crippen molar-refractivity contribution in [2.75, 3.05) is 36.5 Å². The molecular weight excluding hydrogens is 464 g/mol. The Labute approximate surface area is 219 Å². The summed E-state index contributed by atoms with van der Waals surface area (Å²) in [5.74, 6) is 2.56. The van der Waals surface area contributed by atoms with Crippen molar-refractivity contribution in [1.82, 2.24) is 4.98 Å². The quantitative estimate of drug-likeness (QED) is 0.431. The highest BCUT2D eigenvalue weighted by Gasteiger charge is 2.57. The molecule has 2 aromatic rings. The number of hydrogen-bond donors (Lipinski definition) is 2. The molecule has 1 amide bonds. The summed E-state index contributed by atoms with van der Waals surface area (Å²) in [5.41, 5.74) is 4.96. The SMILES string of the molecule is C[C@]12CCC3c4ccccc4CCC3C1[C@H](CCC(=O)Nc1ccc(N3CCOCC3)cn1)C/C2=N\O. The van der Waals surface area contributed by atoms with Crippen LogP contribution in [0.2, 0.25) is 0 Å². The molecule has 7 nitrogen and oxygen atoms in total. The Bertz CT molecular complexity index is 1160. The Balaban J connectivity index is 1.12. The summed E-state index contributed by atoms with van der Waals surface area (Å²) in [7, 11) is 0. The van der Waals surface area contributed by atoms with Gasteiger partial charge >= 0.3 is 0 Å². The number of ether oxygens (including phenoxy) is 1. The third-order valence-corrected chi connectivity index (χ3v) is 9.77. The molecule has 3 fully saturated rings. The first-order chi connectivity index (χ1) is 18.1. The van der Waals surface area contributed by atoms with Gasteiger partial charge in [-0.25, -0.2) is 4.98 Å². The Morgan fingerprint density at radius 3 is 2.84 bits per heavy atom. The Morgan fingerprint density at radius 2 is 2.05 bits per heavy atom. The number of hydrogen-bond acceptors (Lipinski definition) is 6. The number of aromatic nitrogens is 1. The van der Waals surface area contributed by atoms with E-state index in [1.807, 2.05) is 18.3 Å². The van der Waals surface area contributed by atoms with E-state index in [0.717, 1.165) is 69.8 Å². The lowest BCUT2D eigenvalue weighted by molar-refractivity contribution is -0.116. The van der Waals surface area contributed by atoms with Gasteiger partial charge in [0, 0.05) is 24.9 Å². The van der Waals surface area contributed by atoms with E-state index in [1.54, 1.807) is 0 Å². The number of anilines is 2. The van der Waals surface area contributed by atoms with E-state index in [4.69, 9.17) is 4.74 Å². The molecule has 6 rings (SSSR count). The fourth-order valence-corrected chi connectivity index (χ4v) is 8.01. The number of nitrogens with zero attached hydrogens (tertiary/aromatic N) is 3. The van der Waals surface area contributed by atoms with Crippen LogP contribution < -0.4 is 10.2 Å². The molecule has 2 N–H and O–H groups in total. The van der Waals surface area contributed by atoms with Gasteiger partial charge in [0.1, 0.15) is 5.82 Å². The number of pyridine rings is 1. The second-order valence-electron chi connectivity index (χ2n) is 11.6. The molecule has 196 valence electrons. The predicted octanol–water partition coefficient (Wildman–Crippen LogP) is 5.25. The molecular formula is C30H38N4O3. The number of carbonyl (C=O) groups excluding carboxylic acids is 1. The molecule has 2 heterocycles. The van der Waals surface area contributed by atoms with Crippen molar-refractivity contribution >= 4 is 23.1 Å². The highest BCUT2D eigenvalue weighted by atomic mass is 16.5. The molecule has 1 aromatic heterocycles. The first kappa shape index (κ1) is 24.4. The molecule has 5 atom stereocenters. The van der Waals surface area contributed by atoms with E-state index in [9.17, 15) is 10.0 Å². The molecule has 1 aromatic carbocycles. The van der Waals surface area contributed by atoms with E-state index in [2.05, 4.69) is 51.5 Å². The topological polar surface area (TPSA) is 87.1 Å². The van der Waals surface area contributed by atoms with Crippen molar-refractivity contribution in [2.24, 2.45) is 28.3 Å². The van der Waals surface area contributed by atoms with Gasteiger partial charge in [-0.2, -0.15) is 0 Å². The normalized spacial score (nSPS) is 31.9. The van der Waals surface area contributed by atoms with Crippen LogP contribution >= 0.6 is 0 Å². The lowest BCUT2D eigenvalue weighted by Gasteiger charge is -2.50. The fraction of sp³-hybridized carbons (Fsp3) is 0.567. The molecule has 2 saturated carbocycles. The molecule has 4 aliphatic rings. The van der Waals surface area contributed by atoms with E-state index >= 15 is 0 Å². The Kier molecular flexibility index (Phi) is 6.65. The number of nitrogens with one attached hydrogen (secondary N) is 1. The molecule has 37 heavy (non-hydrogen) atoms. The minimum absolute atomic E-state index is 0.00376. The van der Waals surface area contributed by atoms with Crippen LogP contribution in [-0.4, -0.2) is 48.1 Å². The van der Waals surface area contributed by atoms with Gasteiger partial charge in [0.15, 0.2) is 0 Å². The van der Waals surface area contributed by atoms with Crippen molar-refractivity contribution in [3.63, 3.8) is 0 Å². The van der Waals surface area contributed by atoms with Gasteiger partial charge in [0.05, 0.1) is 30.8 Å². The van der Waals surface area contributed by atoms with Gasteiger partial charge in [0.25, 0.3) is 0 Å². The summed E-state index contributed by atoms with van der Waals surface area (Å²) in [5, 5.41) is 16.7. The predicted molar refractivity (Wildman–Crippen MR) is 144 cm³/mol. The molecule has 1 saturated heterocycles. The first-order valence-electron chi connectivity index (χ1n) is 13.9. The van der Waals surface area contributed by atoms with Crippen LogP contribution in [0.1, 0.15) is 62.5 Å². The maximum Gasteiger partial charge on any atom is 0.225 e. The molecule has 7 heteroatoms. The number of fused-ring (bicyclic) bond motifs is 5. The summed E-state index contributed by atoms with van der Waals surface area (Å²) in [6, 6.07) is 12.8. The summed E-state index contributed by atoms with van der Waals surface area (Å²) in [4.78, 5) is 19.7. The molecule has 3 unspecified atom stereocenters.